The standard InChI is InChI=1S/C22H23N5O2/c1-4-21(2,3)22-10-17-18(28)25-16(9-13-11-23-12-24-13)19(29)27(17)20(22)26-15-8-6-5-7-14(15)22/h4-9,11-12,17,20,26H,1,10H2,2-3H3,(H,23,24)(H,25,28)/b16-9-/t17-,20+,22-/m1/s1. The number of hydrogen-bond acceptors (Lipinski definition) is 4. The minimum atomic E-state index is -0.536. The minimum Gasteiger partial charge on any atom is -0.364 e. The molecule has 0 aliphatic carbocycles. The molecule has 2 fully saturated rings. The Bertz CT molecular complexity index is 1050. The van der Waals surface area contributed by atoms with Crippen molar-refractivity contribution in [1.82, 2.24) is 20.2 Å². The Kier molecular flexibility index (Phi) is 3.56. The first-order chi connectivity index (χ1) is 13.9. The number of nitrogens with zero attached hydrogens (tertiary/aromatic N) is 2. The third-order valence-corrected chi connectivity index (χ3v) is 6.80. The highest BCUT2D eigenvalue weighted by Crippen LogP contribution is 2.60. The van der Waals surface area contributed by atoms with Crippen LogP contribution in [0.3, 0.4) is 0 Å². The van der Waals surface area contributed by atoms with Crippen LogP contribution in [0, 0.1) is 5.41 Å². The molecule has 0 saturated carbocycles. The summed E-state index contributed by atoms with van der Waals surface area (Å²) in [5.41, 5.74) is 2.24. The summed E-state index contributed by atoms with van der Waals surface area (Å²) in [4.78, 5) is 35.1. The van der Waals surface area contributed by atoms with E-state index in [1.807, 2.05) is 24.3 Å². The normalized spacial score (nSPS) is 29.2. The van der Waals surface area contributed by atoms with E-state index >= 15 is 0 Å². The Morgan fingerprint density at radius 1 is 1.31 bits per heavy atom. The van der Waals surface area contributed by atoms with E-state index in [1.54, 1.807) is 17.2 Å². The maximum absolute atomic E-state index is 13.5. The number of nitrogens with one attached hydrogen (secondary N) is 3. The van der Waals surface area contributed by atoms with E-state index in [0.29, 0.717) is 12.1 Å². The molecule has 2 aromatic rings. The predicted molar refractivity (Wildman–Crippen MR) is 109 cm³/mol. The van der Waals surface area contributed by atoms with E-state index in [0.717, 1.165) is 11.3 Å². The molecule has 29 heavy (non-hydrogen) atoms. The molecule has 3 aliphatic heterocycles. The second-order valence-electron chi connectivity index (χ2n) is 8.48. The molecule has 0 radical (unpaired) electrons. The molecular weight excluding hydrogens is 366 g/mol. The number of allylic oxidation sites excluding steroid dienone is 1. The number of H-pyrrole nitrogens is 1. The fourth-order valence-electron chi connectivity index (χ4n) is 5.16. The number of rotatable bonds is 3. The van der Waals surface area contributed by atoms with Crippen LogP contribution >= 0.6 is 0 Å². The second kappa shape index (κ2) is 5.83. The summed E-state index contributed by atoms with van der Waals surface area (Å²) < 4.78 is 0. The zero-order valence-corrected chi connectivity index (χ0v) is 16.4. The van der Waals surface area contributed by atoms with Crippen molar-refractivity contribution in [2.75, 3.05) is 5.32 Å². The van der Waals surface area contributed by atoms with Crippen molar-refractivity contribution in [3.63, 3.8) is 0 Å². The van der Waals surface area contributed by atoms with E-state index in [1.165, 1.54) is 6.33 Å². The molecule has 2 saturated heterocycles. The first-order valence-corrected chi connectivity index (χ1v) is 9.72. The van der Waals surface area contributed by atoms with Crippen LogP contribution in [0.4, 0.5) is 5.69 Å². The van der Waals surface area contributed by atoms with Gasteiger partial charge in [-0.3, -0.25) is 9.59 Å². The molecular formula is C22H23N5O2. The third kappa shape index (κ3) is 2.21. The van der Waals surface area contributed by atoms with Crippen molar-refractivity contribution < 1.29 is 9.59 Å². The Morgan fingerprint density at radius 3 is 2.83 bits per heavy atom. The number of anilines is 1. The van der Waals surface area contributed by atoms with Crippen molar-refractivity contribution in [1.29, 1.82) is 0 Å². The zero-order chi connectivity index (χ0) is 20.4. The van der Waals surface area contributed by atoms with Gasteiger partial charge in [-0.2, -0.15) is 0 Å². The number of benzene rings is 1. The van der Waals surface area contributed by atoms with Crippen LogP contribution in [0.25, 0.3) is 6.08 Å². The molecule has 5 rings (SSSR count). The summed E-state index contributed by atoms with van der Waals surface area (Å²) in [5.74, 6) is -0.362. The monoisotopic (exact) mass is 389 g/mol. The predicted octanol–water partition coefficient (Wildman–Crippen LogP) is 2.38. The average molecular weight is 389 g/mol. The molecule has 1 aromatic carbocycles. The lowest BCUT2D eigenvalue weighted by Gasteiger charge is -2.43. The van der Waals surface area contributed by atoms with Gasteiger partial charge in [0.05, 0.1) is 18.2 Å². The van der Waals surface area contributed by atoms with Crippen LogP contribution in [0.1, 0.15) is 31.5 Å². The molecule has 1 aromatic heterocycles. The van der Waals surface area contributed by atoms with Gasteiger partial charge in [-0.25, -0.2) is 4.98 Å². The fraction of sp³-hybridized carbons (Fsp3) is 0.318. The Balaban J connectivity index is 1.65. The van der Waals surface area contributed by atoms with Crippen molar-refractivity contribution >= 4 is 23.6 Å². The van der Waals surface area contributed by atoms with Crippen molar-refractivity contribution in [3.8, 4) is 0 Å². The second-order valence-corrected chi connectivity index (χ2v) is 8.48. The number of imidazole rings is 1. The van der Waals surface area contributed by atoms with Crippen molar-refractivity contribution in [2.45, 2.75) is 37.9 Å². The van der Waals surface area contributed by atoms with Gasteiger partial charge in [-0.15, -0.1) is 6.58 Å². The molecule has 7 heteroatoms. The molecule has 7 nitrogen and oxygen atoms in total. The highest BCUT2D eigenvalue weighted by atomic mass is 16.2. The van der Waals surface area contributed by atoms with Crippen LogP contribution in [0.5, 0.6) is 0 Å². The van der Waals surface area contributed by atoms with Crippen LogP contribution in [-0.4, -0.2) is 38.9 Å². The number of aromatic amines is 1. The van der Waals surface area contributed by atoms with Gasteiger partial charge in [0, 0.05) is 11.1 Å². The van der Waals surface area contributed by atoms with Crippen LogP contribution in [-0.2, 0) is 15.0 Å². The summed E-state index contributed by atoms with van der Waals surface area (Å²) in [5, 5.41) is 6.34. The molecule has 3 N–H and O–H groups in total. The van der Waals surface area contributed by atoms with E-state index in [2.05, 4.69) is 47.1 Å². The van der Waals surface area contributed by atoms with Gasteiger partial charge in [-0.05, 0) is 29.5 Å². The van der Waals surface area contributed by atoms with Crippen LogP contribution in [0.15, 0.2) is 55.1 Å². The van der Waals surface area contributed by atoms with Gasteiger partial charge in [0.25, 0.3) is 5.91 Å². The highest BCUT2D eigenvalue weighted by Gasteiger charge is 2.66. The number of hydrogen-bond donors (Lipinski definition) is 3. The van der Waals surface area contributed by atoms with E-state index in [-0.39, 0.29) is 29.1 Å². The van der Waals surface area contributed by atoms with Gasteiger partial charge < -0.3 is 20.5 Å². The summed E-state index contributed by atoms with van der Waals surface area (Å²) in [7, 11) is 0. The number of amides is 2. The van der Waals surface area contributed by atoms with E-state index in [4.69, 9.17) is 0 Å². The number of fused-ring (bicyclic) bond motifs is 5. The minimum absolute atomic E-state index is 0.164. The molecule has 3 aliphatic rings. The lowest BCUT2D eigenvalue weighted by Crippen LogP contribution is -2.59. The molecule has 3 atom stereocenters. The Labute approximate surface area is 168 Å². The first kappa shape index (κ1) is 17.7. The van der Waals surface area contributed by atoms with Crippen LogP contribution < -0.4 is 10.6 Å². The maximum atomic E-state index is 13.5. The summed E-state index contributed by atoms with van der Waals surface area (Å²) in [6.07, 6.45) is 6.91. The van der Waals surface area contributed by atoms with E-state index < -0.39 is 11.5 Å². The third-order valence-electron chi connectivity index (χ3n) is 6.80. The summed E-state index contributed by atoms with van der Waals surface area (Å²) >= 11 is 0. The zero-order valence-electron chi connectivity index (χ0n) is 16.4. The fourth-order valence-corrected chi connectivity index (χ4v) is 5.16. The summed E-state index contributed by atoms with van der Waals surface area (Å²) in [6.45, 7) is 8.32. The number of piperazine rings is 1. The van der Waals surface area contributed by atoms with Crippen LogP contribution in [0.2, 0.25) is 0 Å². The van der Waals surface area contributed by atoms with Gasteiger partial charge in [0.2, 0.25) is 5.91 Å². The average Bonchev–Trinajstić information content (AvgIpc) is 3.40. The first-order valence-electron chi connectivity index (χ1n) is 9.72. The topological polar surface area (TPSA) is 90.1 Å². The van der Waals surface area contributed by atoms with Gasteiger partial charge in [0.15, 0.2) is 0 Å². The molecule has 2 amide bonds. The maximum Gasteiger partial charge on any atom is 0.272 e. The van der Waals surface area contributed by atoms with Crippen molar-refractivity contribution in [3.05, 3.63) is 66.4 Å². The lowest BCUT2D eigenvalue weighted by atomic mass is 9.60. The number of carbonyl (C=O) groups is 2. The summed E-state index contributed by atoms with van der Waals surface area (Å²) in [6, 6.07) is 7.57. The smallest absolute Gasteiger partial charge is 0.272 e. The number of para-hydroxylation sites is 1. The largest absolute Gasteiger partial charge is 0.364 e. The molecule has 0 spiro atoms. The van der Waals surface area contributed by atoms with Gasteiger partial charge >= 0.3 is 0 Å². The Hall–Kier alpha value is -3.35. The lowest BCUT2D eigenvalue weighted by molar-refractivity contribution is -0.141. The molecule has 4 heterocycles. The number of carbonyl (C=O) groups excluding carboxylic acids is 2. The van der Waals surface area contributed by atoms with E-state index in [9.17, 15) is 9.59 Å². The molecule has 148 valence electrons. The van der Waals surface area contributed by atoms with Gasteiger partial charge in [0.1, 0.15) is 17.9 Å². The highest BCUT2D eigenvalue weighted by molar-refractivity contribution is 6.08. The molecule has 0 unspecified atom stereocenters. The number of aromatic nitrogens is 2. The van der Waals surface area contributed by atoms with Gasteiger partial charge in [-0.1, -0.05) is 38.1 Å². The Morgan fingerprint density at radius 2 is 2.10 bits per heavy atom. The molecule has 0 bridgehead atoms. The quantitative estimate of drug-likeness (QED) is 0.555. The van der Waals surface area contributed by atoms with Crippen molar-refractivity contribution in [2.24, 2.45) is 5.41 Å². The SMILES string of the molecule is C=CC(C)(C)[C@@]12C[C@@H]3C(=O)N/C(=C\c4cnc[nH]4)C(=O)N3[C@@H]1Nc1ccccc12.